The normalized spacial score (nSPS) is 12.4. The first kappa shape index (κ1) is 21.6. The summed E-state index contributed by atoms with van der Waals surface area (Å²) in [6.45, 7) is 2.81. The molecule has 33 heavy (non-hydrogen) atoms. The number of nitrogens with one attached hydrogen (secondary N) is 2. The molecule has 4 rings (SSSR count). The molecular formula is C25H19N3O5. The number of amides is 4. The van der Waals surface area contributed by atoms with Gasteiger partial charge in [0, 0.05) is 29.4 Å². The Labute approximate surface area is 189 Å². The first-order valence-corrected chi connectivity index (χ1v) is 10.1. The minimum Gasteiger partial charge on any atom is -0.326 e. The Morgan fingerprint density at radius 1 is 0.697 bits per heavy atom. The maximum Gasteiger partial charge on any atom is 0.266 e. The van der Waals surface area contributed by atoms with Crippen molar-refractivity contribution in [2.45, 2.75) is 13.8 Å². The summed E-state index contributed by atoms with van der Waals surface area (Å²) < 4.78 is 0. The SMILES string of the molecule is CC(=O)Nc1ccc(N2C(=O)c3ccc(C(=O)Nc4cccc(C(C)=O)c4)cc3C2=O)cc1. The van der Waals surface area contributed by atoms with Gasteiger partial charge in [-0.3, -0.25) is 24.0 Å². The highest BCUT2D eigenvalue weighted by molar-refractivity contribution is 6.34. The predicted octanol–water partition coefficient (Wildman–Crippen LogP) is 3.90. The Morgan fingerprint density at radius 3 is 2.06 bits per heavy atom. The standard InChI is InChI=1S/C25H19N3O5/c1-14(29)16-4-3-5-19(12-16)27-23(31)17-6-11-21-22(13-17)25(33)28(24(21)32)20-9-7-18(8-10-20)26-15(2)30/h3-13H,1-2H3,(H,26,30)(H,27,31). The molecule has 0 atom stereocenters. The molecule has 1 aliphatic rings. The van der Waals surface area contributed by atoms with E-state index < -0.39 is 17.7 Å². The summed E-state index contributed by atoms with van der Waals surface area (Å²) in [6.07, 6.45) is 0. The van der Waals surface area contributed by atoms with E-state index in [1.54, 1.807) is 48.5 Å². The number of nitrogens with zero attached hydrogens (tertiary/aromatic N) is 1. The van der Waals surface area contributed by atoms with Gasteiger partial charge in [-0.05, 0) is 61.5 Å². The summed E-state index contributed by atoms with van der Waals surface area (Å²) in [4.78, 5) is 62.3. The molecule has 0 saturated carbocycles. The smallest absolute Gasteiger partial charge is 0.266 e. The van der Waals surface area contributed by atoms with Gasteiger partial charge in [0.05, 0.1) is 16.8 Å². The van der Waals surface area contributed by atoms with Gasteiger partial charge in [-0.25, -0.2) is 4.90 Å². The molecule has 0 aliphatic carbocycles. The number of hydrogen-bond acceptors (Lipinski definition) is 5. The molecule has 0 spiro atoms. The third-order valence-corrected chi connectivity index (χ3v) is 5.12. The molecule has 0 fully saturated rings. The van der Waals surface area contributed by atoms with Crippen LogP contribution in [-0.2, 0) is 4.79 Å². The van der Waals surface area contributed by atoms with Gasteiger partial charge >= 0.3 is 0 Å². The van der Waals surface area contributed by atoms with E-state index in [1.165, 1.54) is 32.0 Å². The number of ketones is 1. The lowest BCUT2D eigenvalue weighted by Gasteiger charge is -2.14. The average Bonchev–Trinajstić information content (AvgIpc) is 3.03. The molecular weight excluding hydrogens is 422 g/mol. The molecule has 3 aromatic carbocycles. The lowest BCUT2D eigenvalue weighted by Crippen LogP contribution is -2.29. The monoisotopic (exact) mass is 441 g/mol. The Kier molecular flexibility index (Phi) is 5.58. The van der Waals surface area contributed by atoms with E-state index in [9.17, 15) is 24.0 Å². The van der Waals surface area contributed by atoms with E-state index >= 15 is 0 Å². The van der Waals surface area contributed by atoms with E-state index in [0.29, 0.717) is 22.6 Å². The van der Waals surface area contributed by atoms with Crippen LogP contribution in [-0.4, -0.2) is 29.4 Å². The Balaban J connectivity index is 1.57. The summed E-state index contributed by atoms with van der Waals surface area (Å²) in [7, 11) is 0. The second kappa shape index (κ2) is 8.51. The molecule has 0 bridgehead atoms. The fraction of sp³-hybridized carbons (Fsp3) is 0.0800. The van der Waals surface area contributed by atoms with Gasteiger partial charge in [0.25, 0.3) is 17.7 Å². The van der Waals surface area contributed by atoms with E-state index in [0.717, 1.165) is 4.90 Å². The number of carbonyl (C=O) groups excluding carboxylic acids is 5. The van der Waals surface area contributed by atoms with Crippen LogP contribution in [0.15, 0.2) is 66.7 Å². The fourth-order valence-electron chi connectivity index (χ4n) is 3.53. The van der Waals surface area contributed by atoms with Crippen LogP contribution < -0.4 is 15.5 Å². The van der Waals surface area contributed by atoms with Crippen molar-refractivity contribution in [1.29, 1.82) is 0 Å². The molecule has 0 unspecified atom stereocenters. The predicted molar refractivity (Wildman–Crippen MR) is 123 cm³/mol. The minimum atomic E-state index is -0.546. The summed E-state index contributed by atoms with van der Waals surface area (Å²) in [5, 5.41) is 5.32. The number of fused-ring (bicyclic) bond motifs is 1. The molecule has 0 radical (unpaired) electrons. The van der Waals surface area contributed by atoms with Gasteiger partial charge in [0.1, 0.15) is 0 Å². The van der Waals surface area contributed by atoms with Crippen molar-refractivity contribution < 1.29 is 24.0 Å². The van der Waals surface area contributed by atoms with Crippen LogP contribution in [0.2, 0.25) is 0 Å². The van der Waals surface area contributed by atoms with Gasteiger partial charge in [-0.15, -0.1) is 0 Å². The molecule has 4 amide bonds. The van der Waals surface area contributed by atoms with Crippen molar-refractivity contribution in [2.24, 2.45) is 0 Å². The number of anilines is 3. The van der Waals surface area contributed by atoms with Gasteiger partial charge in [0.2, 0.25) is 5.91 Å². The highest BCUT2D eigenvalue weighted by Gasteiger charge is 2.37. The zero-order valence-corrected chi connectivity index (χ0v) is 17.8. The summed E-state index contributed by atoms with van der Waals surface area (Å²) in [6, 6.07) is 17.1. The molecule has 0 aromatic heterocycles. The summed E-state index contributed by atoms with van der Waals surface area (Å²) >= 11 is 0. The van der Waals surface area contributed by atoms with Gasteiger partial charge < -0.3 is 10.6 Å². The number of hydrogen-bond donors (Lipinski definition) is 2. The van der Waals surface area contributed by atoms with E-state index in [2.05, 4.69) is 10.6 Å². The van der Waals surface area contributed by atoms with Crippen molar-refractivity contribution in [3.05, 3.63) is 89.0 Å². The van der Waals surface area contributed by atoms with Crippen molar-refractivity contribution in [1.82, 2.24) is 0 Å². The fourth-order valence-corrected chi connectivity index (χ4v) is 3.53. The molecule has 164 valence electrons. The van der Waals surface area contributed by atoms with E-state index in [4.69, 9.17) is 0 Å². The van der Waals surface area contributed by atoms with Crippen LogP contribution in [0.3, 0.4) is 0 Å². The van der Waals surface area contributed by atoms with Gasteiger partial charge in [0.15, 0.2) is 5.78 Å². The Hall–Kier alpha value is -4.59. The maximum absolute atomic E-state index is 13.0. The highest BCUT2D eigenvalue weighted by Crippen LogP contribution is 2.30. The second-order valence-electron chi connectivity index (χ2n) is 7.53. The number of benzene rings is 3. The zero-order chi connectivity index (χ0) is 23.7. The number of Topliss-reactive ketones (excluding diaryl/α,β-unsaturated/α-hetero) is 1. The topological polar surface area (TPSA) is 113 Å². The van der Waals surface area contributed by atoms with Crippen molar-refractivity contribution in [3.63, 3.8) is 0 Å². The largest absolute Gasteiger partial charge is 0.326 e. The van der Waals surface area contributed by atoms with E-state index in [1.807, 2.05) is 0 Å². The third kappa shape index (κ3) is 4.27. The van der Waals surface area contributed by atoms with E-state index in [-0.39, 0.29) is 28.4 Å². The lowest BCUT2D eigenvalue weighted by molar-refractivity contribution is -0.114. The zero-order valence-electron chi connectivity index (χ0n) is 17.8. The van der Waals surface area contributed by atoms with Crippen LogP contribution >= 0.6 is 0 Å². The van der Waals surface area contributed by atoms with Crippen molar-refractivity contribution >= 4 is 46.5 Å². The number of rotatable bonds is 5. The van der Waals surface area contributed by atoms with Gasteiger partial charge in [-0.1, -0.05) is 12.1 Å². The second-order valence-corrected chi connectivity index (χ2v) is 7.53. The molecule has 3 aromatic rings. The number of imide groups is 1. The molecule has 2 N–H and O–H groups in total. The average molecular weight is 441 g/mol. The first-order valence-electron chi connectivity index (χ1n) is 10.1. The van der Waals surface area contributed by atoms with Gasteiger partial charge in [-0.2, -0.15) is 0 Å². The Bertz CT molecular complexity index is 1330. The minimum absolute atomic E-state index is 0.121. The first-order chi connectivity index (χ1) is 15.7. The van der Waals surface area contributed by atoms with Crippen LogP contribution in [0.4, 0.5) is 17.1 Å². The van der Waals surface area contributed by atoms with Crippen molar-refractivity contribution in [2.75, 3.05) is 15.5 Å². The quantitative estimate of drug-likeness (QED) is 0.461. The Morgan fingerprint density at radius 2 is 1.39 bits per heavy atom. The summed E-state index contributed by atoms with van der Waals surface area (Å²) in [5.74, 6) is -1.88. The molecule has 0 saturated heterocycles. The summed E-state index contributed by atoms with van der Waals surface area (Å²) in [5.41, 5.74) is 2.31. The highest BCUT2D eigenvalue weighted by atomic mass is 16.2. The third-order valence-electron chi connectivity index (χ3n) is 5.12. The van der Waals surface area contributed by atoms with Crippen LogP contribution in [0.25, 0.3) is 0 Å². The molecule has 1 aliphatic heterocycles. The molecule has 8 heteroatoms. The molecule has 8 nitrogen and oxygen atoms in total. The van der Waals surface area contributed by atoms with Crippen molar-refractivity contribution in [3.8, 4) is 0 Å². The number of carbonyl (C=O) groups is 5. The molecule has 1 heterocycles. The lowest BCUT2D eigenvalue weighted by atomic mass is 10.0. The maximum atomic E-state index is 13.0. The van der Waals surface area contributed by atoms with Crippen LogP contribution in [0.5, 0.6) is 0 Å². The van der Waals surface area contributed by atoms with Crippen LogP contribution in [0.1, 0.15) is 55.3 Å². The van der Waals surface area contributed by atoms with Crippen LogP contribution in [0, 0.1) is 0 Å².